The summed E-state index contributed by atoms with van der Waals surface area (Å²) >= 11 is 1.23. The Morgan fingerprint density at radius 2 is 1.82 bits per heavy atom. The maximum Gasteiger partial charge on any atom is 0.318 e. The third-order valence-electron chi connectivity index (χ3n) is 4.66. The number of rotatable bonds is 7. The minimum Gasteiger partial charge on any atom is -0.480 e. The molecule has 0 saturated carbocycles. The van der Waals surface area contributed by atoms with Crippen LogP contribution in [-0.2, 0) is 24.8 Å². The highest BCUT2D eigenvalue weighted by Crippen LogP contribution is 2.40. The molecule has 176 valence electrons. The molecule has 3 aromatic rings. The third-order valence-corrected chi connectivity index (χ3v) is 8.09. The van der Waals surface area contributed by atoms with Crippen molar-refractivity contribution in [1.82, 2.24) is 31.6 Å². The molecule has 0 aliphatic carbocycles. The van der Waals surface area contributed by atoms with E-state index in [1.807, 2.05) is 4.72 Å². The number of para-hydroxylation sites is 1. The summed E-state index contributed by atoms with van der Waals surface area (Å²) in [7, 11) is -9.22. The molecule has 0 amide bonds. The Morgan fingerprint density at radius 1 is 1.12 bits per heavy atom. The second-order valence-electron chi connectivity index (χ2n) is 6.79. The van der Waals surface area contributed by atoms with Gasteiger partial charge in [-0.3, -0.25) is 4.79 Å². The first-order valence-corrected chi connectivity index (χ1v) is 12.9. The number of hydrogen-bond acceptors (Lipinski definition) is 12. The SMILES string of the molecule is Nc1nc2c(-c3ccc(S(=O)(=O)NCC(=O)O)c(S(N)(=O)=O)c3C3NNNN3)cccc2s1. The number of carboxylic acid groups (broad SMARTS) is 1. The van der Waals surface area contributed by atoms with Crippen molar-refractivity contribution in [2.75, 3.05) is 12.3 Å². The smallest absolute Gasteiger partial charge is 0.318 e. The van der Waals surface area contributed by atoms with E-state index in [0.717, 1.165) is 10.8 Å². The van der Waals surface area contributed by atoms with Gasteiger partial charge in [0.15, 0.2) is 5.13 Å². The number of primary sulfonamides is 1. The van der Waals surface area contributed by atoms with Crippen LogP contribution in [0.3, 0.4) is 0 Å². The molecule has 4 rings (SSSR count). The summed E-state index contributed by atoms with van der Waals surface area (Å²) in [6, 6.07) is 7.63. The van der Waals surface area contributed by atoms with E-state index in [2.05, 4.69) is 26.9 Å². The van der Waals surface area contributed by atoms with Crippen LogP contribution in [0, 0.1) is 0 Å². The maximum atomic E-state index is 12.8. The van der Waals surface area contributed by atoms with E-state index in [0.29, 0.717) is 21.8 Å². The van der Waals surface area contributed by atoms with Crippen LogP contribution >= 0.6 is 11.3 Å². The third kappa shape index (κ3) is 4.53. The molecule has 1 aromatic heterocycles. The summed E-state index contributed by atoms with van der Waals surface area (Å²) in [6.45, 7) is -0.954. The zero-order chi connectivity index (χ0) is 24.0. The van der Waals surface area contributed by atoms with Crippen molar-refractivity contribution >= 4 is 52.7 Å². The highest BCUT2D eigenvalue weighted by molar-refractivity contribution is 7.92. The van der Waals surface area contributed by atoms with E-state index >= 15 is 0 Å². The number of nitrogens with one attached hydrogen (secondary N) is 5. The van der Waals surface area contributed by atoms with Gasteiger partial charge >= 0.3 is 5.97 Å². The summed E-state index contributed by atoms with van der Waals surface area (Å²) < 4.78 is 53.7. The van der Waals surface area contributed by atoms with Gasteiger partial charge in [0.25, 0.3) is 0 Å². The van der Waals surface area contributed by atoms with Crippen molar-refractivity contribution in [2.45, 2.75) is 16.0 Å². The summed E-state index contributed by atoms with van der Waals surface area (Å²) in [4.78, 5) is 13.8. The zero-order valence-electron chi connectivity index (χ0n) is 16.5. The summed E-state index contributed by atoms with van der Waals surface area (Å²) in [5.74, 6) is -1.45. The molecule has 1 aliphatic heterocycles. The summed E-state index contributed by atoms with van der Waals surface area (Å²) in [5.41, 5.74) is 17.6. The lowest BCUT2D eigenvalue weighted by atomic mass is 9.97. The molecule has 2 heterocycles. The average Bonchev–Trinajstić information content (AvgIpc) is 3.39. The van der Waals surface area contributed by atoms with Crippen LogP contribution in [0.2, 0.25) is 0 Å². The van der Waals surface area contributed by atoms with Crippen molar-refractivity contribution < 1.29 is 26.7 Å². The van der Waals surface area contributed by atoms with Crippen molar-refractivity contribution in [3.63, 3.8) is 0 Å². The molecule has 33 heavy (non-hydrogen) atoms. The normalized spacial score (nSPS) is 15.3. The van der Waals surface area contributed by atoms with Crippen LogP contribution in [0.15, 0.2) is 40.1 Å². The number of nitrogens with two attached hydrogens (primary N) is 2. The van der Waals surface area contributed by atoms with Gasteiger partial charge in [0.05, 0.1) is 10.2 Å². The number of carboxylic acids is 1. The molecule has 0 bridgehead atoms. The molecule has 0 atom stereocenters. The number of hydrazine groups is 3. The van der Waals surface area contributed by atoms with Gasteiger partial charge in [0, 0.05) is 11.1 Å². The molecule has 14 nitrogen and oxygen atoms in total. The number of benzene rings is 2. The Balaban J connectivity index is 2.06. The van der Waals surface area contributed by atoms with Crippen LogP contribution in [0.5, 0.6) is 0 Å². The van der Waals surface area contributed by atoms with Gasteiger partial charge in [-0.1, -0.05) is 29.5 Å². The predicted octanol–water partition coefficient (Wildman–Crippen LogP) is -1.33. The molecule has 1 saturated heterocycles. The van der Waals surface area contributed by atoms with E-state index in [9.17, 15) is 21.6 Å². The lowest BCUT2D eigenvalue weighted by Gasteiger charge is -2.21. The molecular formula is C16H18N8O6S3. The first-order chi connectivity index (χ1) is 15.5. The van der Waals surface area contributed by atoms with Crippen molar-refractivity contribution in [3.05, 3.63) is 35.9 Å². The molecule has 1 aliphatic rings. The first kappa shape index (κ1) is 23.4. The van der Waals surface area contributed by atoms with Crippen LogP contribution in [0.1, 0.15) is 11.7 Å². The van der Waals surface area contributed by atoms with Crippen molar-refractivity contribution in [3.8, 4) is 11.1 Å². The predicted molar refractivity (Wildman–Crippen MR) is 119 cm³/mol. The van der Waals surface area contributed by atoms with E-state index in [-0.39, 0.29) is 5.56 Å². The van der Waals surface area contributed by atoms with Crippen molar-refractivity contribution in [1.29, 1.82) is 0 Å². The van der Waals surface area contributed by atoms with Crippen LogP contribution in [0.4, 0.5) is 5.13 Å². The van der Waals surface area contributed by atoms with E-state index in [1.54, 1.807) is 18.2 Å². The number of aromatic nitrogens is 1. The number of hydrogen-bond donors (Lipinski definition) is 8. The highest BCUT2D eigenvalue weighted by atomic mass is 32.2. The number of sulfonamides is 2. The molecule has 1 fully saturated rings. The Kier molecular flexibility index (Phi) is 6.07. The van der Waals surface area contributed by atoms with Gasteiger partial charge in [0.1, 0.15) is 22.5 Å². The summed E-state index contributed by atoms with van der Waals surface area (Å²) in [6.07, 6.45) is -0.964. The van der Waals surface area contributed by atoms with Crippen molar-refractivity contribution in [2.24, 2.45) is 5.14 Å². The fraction of sp³-hybridized carbons (Fsp3) is 0.125. The minimum atomic E-state index is -4.65. The van der Waals surface area contributed by atoms with Crippen LogP contribution in [0.25, 0.3) is 21.3 Å². The van der Waals surface area contributed by atoms with Gasteiger partial charge in [-0.25, -0.2) is 37.8 Å². The van der Waals surface area contributed by atoms with Gasteiger partial charge < -0.3 is 10.8 Å². The van der Waals surface area contributed by atoms with Crippen LogP contribution < -0.4 is 37.5 Å². The largest absolute Gasteiger partial charge is 0.480 e. The van der Waals surface area contributed by atoms with Gasteiger partial charge in [-0.05, 0) is 17.7 Å². The number of aliphatic carboxylic acids is 1. The average molecular weight is 515 g/mol. The maximum absolute atomic E-state index is 12.8. The fourth-order valence-corrected chi connectivity index (χ4v) is 6.81. The van der Waals surface area contributed by atoms with Crippen LogP contribution in [-0.4, -0.2) is 39.4 Å². The molecule has 0 unspecified atom stereocenters. The number of nitrogen functional groups attached to an aromatic ring is 1. The van der Waals surface area contributed by atoms with Gasteiger partial charge in [-0.15, -0.1) is 0 Å². The van der Waals surface area contributed by atoms with Gasteiger partial charge in [0.2, 0.25) is 20.0 Å². The van der Waals surface area contributed by atoms with E-state index in [1.165, 1.54) is 17.4 Å². The molecule has 17 heteroatoms. The van der Waals surface area contributed by atoms with E-state index < -0.39 is 48.5 Å². The number of anilines is 1. The standard InChI is InChI=1S/C16H18N8O6S3/c17-16-20-13-8(2-1-3-9(13)31-16)7-4-5-10(33(29,30)19-6-11(25)26)14(32(18,27)28)12(7)15-21-23-24-22-15/h1-5,15,19,21-24H,6H2,(H2,17,20)(H,25,26)(H2,18,27,28). The molecule has 10 N–H and O–H groups in total. The molecular weight excluding hydrogens is 496 g/mol. The lowest BCUT2D eigenvalue weighted by molar-refractivity contribution is -0.135. The number of nitrogens with zero attached hydrogens (tertiary/aromatic N) is 1. The Hall–Kier alpha value is -2.74. The number of fused-ring (bicyclic) bond motifs is 1. The molecule has 0 spiro atoms. The highest BCUT2D eigenvalue weighted by Gasteiger charge is 2.34. The lowest BCUT2D eigenvalue weighted by Crippen LogP contribution is -2.33. The fourth-order valence-electron chi connectivity index (χ4n) is 3.42. The second kappa shape index (κ2) is 8.56. The number of thiazole rings is 1. The van der Waals surface area contributed by atoms with Gasteiger partial charge in [-0.2, -0.15) is 15.8 Å². The quantitative estimate of drug-likeness (QED) is 0.183. The Morgan fingerprint density at radius 3 is 2.45 bits per heavy atom. The zero-order valence-corrected chi connectivity index (χ0v) is 18.9. The Bertz CT molecular complexity index is 1460. The minimum absolute atomic E-state index is 0.0349. The number of carbonyl (C=O) groups is 1. The van der Waals surface area contributed by atoms with E-state index in [4.69, 9.17) is 16.0 Å². The monoisotopic (exact) mass is 514 g/mol. The second-order valence-corrected chi connectivity index (χ2v) is 11.1. The molecule has 0 radical (unpaired) electrons. The summed E-state index contributed by atoms with van der Waals surface area (Å²) in [5, 5.41) is 14.6. The first-order valence-electron chi connectivity index (χ1n) is 9.06. The Labute approximate surface area is 191 Å². The molecule has 2 aromatic carbocycles. The topological polar surface area (TPSA) is 231 Å².